The number of aliphatic hydroxyl groups excluding tert-OH is 1. The second kappa shape index (κ2) is 7.23. The molecule has 0 saturated carbocycles. The molecule has 3 atom stereocenters. The molecule has 0 aromatic heterocycles. The van der Waals surface area contributed by atoms with Gasteiger partial charge in [-0.1, -0.05) is 6.07 Å². The highest BCUT2D eigenvalue weighted by molar-refractivity contribution is 5.63. The van der Waals surface area contributed by atoms with Gasteiger partial charge < -0.3 is 33.5 Å². The summed E-state index contributed by atoms with van der Waals surface area (Å²) in [5, 5.41) is 10.8. The molecule has 1 N–H and O–H groups in total. The molecule has 5 rings (SSSR count). The van der Waals surface area contributed by atoms with E-state index in [2.05, 4.69) is 4.90 Å². The number of likely N-dealkylation sites (N-methyl/N-ethyl adjacent to an activating group) is 1. The van der Waals surface area contributed by atoms with E-state index >= 15 is 0 Å². The van der Waals surface area contributed by atoms with Crippen LogP contribution < -0.4 is 23.7 Å². The third-order valence-corrected chi connectivity index (χ3v) is 6.19. The van der Waals surface area contributed by atoms with Crippen molar-refractivity contribution in [3.63, 3.8) is 0 Å². The van der Waals surface area contributed by atoms with Crippen LogP contribution in [0.5, 0.6) is 28.7 Å². The average Bonchev–Trinajstić information content (AvgIpc) is 3.35. The predicted molar refractivity (Wildman–Crippen MR) is 107 cm³/mol. The van der Waals surface area contributed by atoms with E-state index in [1.165, 1.54) is 0 Å². The van der Waals surface area contributed by atoms with E-state index in [4.69, 9.17) is 28.4 Å². The highest BCUT2D eigenvalue weighted by atomic mass is 16.7. The minimum absolute atomic E-state index is 0.174. The summed E-state index contributed by atoms with van der Waals surface area (Å²) in [6.07, 6.45) is -0.689. The monoisotopic (exact) mass is 415 g/mol. The van der Waals surface area contributed by atoms with E-state index in [0.29, 0.717) is 34.3 Å². The summed E-state index contributed by atoms with van der Waals surface area (Å²) >= 11 is 0. The van der Waals surface area contributed by atoms with Gasteiger partial charge in [-0.3, -0.25) is 4.90 Å². The molecule has 8 nitrogen and oxygen atoms in total. The quantitative estimate of drug-likeness (QED) is 0.817. The number of aliphatic hydroxyl groups is 1. The Morgan fingerprint density at radius 2 is 1.83 bits per heavy atom. The molecule has 2 aromatic rings. The molecule has 0 amide bonds. The fourth-order valence-corrected chi connectivity index (χ4v) is 4.84. The Kier molecular flexibility index (Phi) is 4.65. The zero-order chi connectivity index (χ0) is 21.0. The third-order valence-electron chi connectivity index (χ3n) is 6.19. The van der Waals surface area contributed by atoms with Crippen LogP contribution >= 0.6 is 0 Å². The van der Waals surface area contributed by atoms with E-state index < -0.39 is 12.4 Å². The Balaban J connectivity index is 1.68. The highest BCUT2D eigenvalue weighted by Crippen LogP contribution is 2.57. The fourth-order valence-electron chi connectivity index (χ4n) is 4.84. The fraction of sp³-hybridized carbons (Fsp3) is 0.455. The zero-order valence-electron chi connectivity index (χ0n) is 17.4. The number of methoxy groups -OCH3 is 3. The predicted octanol–water partition coefficient (Wildman–Crippen LogP) is 2.73. The van der Waals surface area contributed by atoms with Gasteiger partial charge in [0.2, 0.25) is 12.5 Å². The lowest BCUT2D eigenvalue weighted by atomic mass is 9.85. The molecule has 8 heteroatoms. The standard InChI is InChI=1S/C22H25NO7/c1-23-8-7-11-9-14-20(29-10-28-14)21(27-4)15(11)17(23)18-12-5-6-13(25-2)19(26-3)16(12)22(24)30-18/h5-6,9,17-18,22,24H,7-8,10H2,1-4H3/t17-,18+,22+/m0/s1. The molecule has 160 valence electrons. The molecule has 0 radical (unpaired) electrons. The van der Waals surface area contributed by atoms with Crippen molar-refractivity contribution in [2.24, 2.45) is 0 Å². The first-order valence-corrected chi connectivity index (χ1v) is 9.86. The Bertz CT molecular complexity index is 992. The SMILES string of the molecule is COc1ccc2c(c1OC)[C@H](O)O[C@H]2[C@@H]1c2c(cc3c(c2OC)OCO3)CCN1C. The van der Waals surface area contributed by atoms with Crippen LogP contribution in [0.1, 0.15) is 40.7 Å². The van der Waals surface area contributed by atoms with E-state index in [9.17, 15) is 5.11 Å². The normalized spacial score (nSPS) is 24.4. The molecule has 0 spiro atoms. The lowest BCUT2D eigenvalue weighted by Crippen LogP contribution is -2.36. The van der Waals surface area contributed by atoms with E-state index in [1.54, 1.807) is 21.3 Å². The number of fused-ring (bicyclic) bond motifs is 3. The maximum Gasteiger partial charge on any atom is 0.231 e. The lowest BCUT2D eigenvalue weighted by Gasteiger charge is -2.39. The van der Waals surface area contributed by atoms with Gasteiger partial charge in [0.1, 0.15) is 6.10 Å². The summed E-state index contributed by atoms with van der Waals surface area (Å²) < 4.78 is 34.2. The van der Waals surface area contributed by atoms with Gasteiger partial charge in [0.25, 0.3) is 0 Å². The van der Waals surface area contributed by atoms with Gasteiger partial charge >= 0.3 is 0 Å². The maximum atomic E-state index is 10.8. The number of benzene rings is 2. The summed E-state index contributed by atoms with van der Waals surface area (Å²) in [6, 6.07) is 5.61. The Labute approximate surface area is 174 Å². The van der Waals surface area contributed by atoms with Gasteiger partial charge in [-0.15, -0.1) is 0 Å². The second-order valence-corrected chi connectivity index (χ2v) is 7.60. The van der Waals surface area contributed by atoms with Crippen LogP contribution in [0.25, 0.3) is 0 Å². The van der Waals surface area contributed by atoms with Crippen LogP contribution in [0, 0.1) is 0 Å². The van der Waals surface area contributed by atoms with Crippen molar-refractivity contribution in [3.8, 4) is 28.7 Å². The number of hydrogen-bond acceptors (Lipinski definition) is 8. The molecule has 0 unspecified atom stereocenters. The third kappa shape index (κ3) is 2.64. The van der Waals surface area contributed by atoms with Gasteiger partial charge in [-0.05, 0) is 36.7 Å². The van der Waals surface area contributed by atoms with Crippen LogP contribution in [0.4, 0.5) is 0 Å². The minimum Gasteiger partial charge on any atom is -0.493 e. The molecule has 0 aliphatic carbocycles. The highest BCUT2D eigenvalue weighted by Gasteiger charge is 2.45. The van der Waals surface area contributed by atoms with Crippen molar-refractivity contribution >= 4 is 0 Å². The summed E-state index contributed by atoms with van der Waals surface area (Å²) in [7, 11) is 6.81. The van der Waals surface area contributed by atoms with Gasteiger partial charge in [0.05, 0.1) is 32.9 Å². The number of nitrogens with zero attached hydrogens (tertiary/aromatic N) is 1. The van der Waals surface area contributed by atoms with Gasteiger partial charge in [0.15, 0.2) is 29.3 Å². The van der Waals surface area contributed by atoms with Crippen LogP contribution in [-0.2, 0) is 11.2 Å². The van der Waals surface area contributed by atoms with Crippen LogP contribution in [0.15, 0.2) is 18.2 Å². The minimum atomic E-state index is -1.12. The number of hydrogen-bond donors (Lipinski definition) is 1. The van der Waals surface area contributed by atoms with Crippen LogP contribution in [0.2, 0.25) is 0 Å². The molecule has 30 heavy (non-hydrogen) atoms. The Hall–Kier alpha value is -2.68. The number of ether oxygens (including phenoxy) is 6. The van der Waals surface area contributed by atoms with Crippen LogP contribution in [-0.4, -0.2) is 51.7 Å². The average molecular weight is 415 g/mol. The molecular weight excluding hydrogens is 390 g/mol. The largest absolute Gasteiger partial charge is 0.493 e. The topological polar surface area (TPSA) is 78.9 Å². The molecule has 0 saturated heterocycles. The van der Waals surface area contributed by atoms with Gasteiger partial charge in [-0.25, -0.2) is 0 Å². The molecule has 0 bridgehead atoms. The Morgan fingerprint density at radius 1 is 1.03 bits per heavy atom. The first-order chi connectivity index (χ1) is 14.6. The van der Waals surface area contributed by atoms with Crippen molar-refractivity contribution in [2.45, 2.75) is 24.9 Å². The second-order valence-electron chi connectivity index (χ2n) is 7.60. The smallest absolute Gasteiger partial charge is 0.231 e. The van der Waals surface area contributed by atoms with E-state index in [0.717, 1.165) is 29.7 Å². The first kappa shape index (κ1) is 19.3. The van der Waals surface area contributed by atoms with Crippen molar-refractivity contribution in [1.29, 1.82) is 0 Å². The van der Waals surface area contributed by atoms with Crippen molar-refractivity contribution < 1.29 is 33.5 Å². The Morgan fingerprint density at radius 3 is 2.57 bits per heavy atom. The summed E-state index contributed by atoms with van der Waals surface area (Å²) in [5.41, 5.74) is 3.59. The first-order valence-electron chi connectivity index (χ1n) is 9.86. The molecule has 3 aliphatic heterocycles. The summed E-state index contributed by atoms with van der Waals surface area (Å²) in [4.78, 5) is 2.22. The van der Waals surface area contributed by atoms with Gasteiger partial charge in [-0.2, -0.15) is 0 Å². The molecular formula is C22H25NO7. The molecule has 0 fully saturated rings. The maximum absolute atomic E-state index is 10.8. The molecule has 3 heterocycles. The molecule has 3 aliphatic rings. The van der Waals surface area contributed by atoms with Crippen molar-refractivity contribution in [1.82, 2.24) is 4.90 Å². The number of rotatable bonds is 4. The summed E-state index contributed by atoms with van der Waals surface area (Å²) in [5.74, 6) is 3.01. The van der Waals surface area contributed by atoms with Crippen molar-refractivity contribution in [2.75, 3.05) is 41.7 Å². The zero-order valence-corrected chi connectivity index (χ0v) is 17.4. The summed E-state index contributed by atoms with van der Waals surface area (Å²) in [6.45, 7) is 1.01. The molecule has 2 aromatic carbocycles. The van der Waals surface area contributed by atoms with E-state index in [1.807, 2.05) is 25.2 Å². The van der Waals surface area contributed by atoms with E-state index in [-0.39, 0.29) is 12.8 Å². The van der Waals surface area contributed by atoms with Crippen LogP contribution in [0.3, 0.4) is 0 Å². The lowest BCUT2D eigenvalue weighted by molar-refractivity contribution is -0.142. The van der Waals surface area contributed by atoms with Gasteiger partial charge in [0, 0.05) is 12.1 Å². The van der Waals surface area contributed by atoms with Crippen molar-refractivity contribution in [3.05, 3.63) is 40.5 Å².